The topological polar surface area (TPSA) is 59.0 Å². The van der Waals surface area contributed by atoms with Gasteiger partial charge < -0.3 is 19.5 Å². The Kier molecular flexibility index (Phi) is 7.23. The molecular formula is C13H25NO4. The molecular weight excluding hydrogens is 234 g/mol. The summed E-state index contributed by atoms with van der Waals surface area (Å²) in [6, 6.07) is 0. The van der Waals surface area contributed by atoms with Crippen molar-refractivity contribution >= 4 is 5.91 Å². The molecule has 0 aromatic heterocycles. The van der Waals surface area contributed by atoms with Gasteiger partial charge in [-0.2, -0.15) is 0 Å². The summed E-state index contributed by atoms with van der Waals surface area (Å²) in [6.07, 6.45) is 4.28. The molecule has 5 heteroatoms. The monoisotopic (exact) mass is 259 g/mol. The molecule has 0 bridgehead atoms. The molecule has 1 aliphatic rings. The molecule has 0 aliphatic carbocycles. The summed E-state index contributed by atoms with van der Waals surface area (Å²) >= 11 is 0. The molecule has 2 atom stereocenters. The first kappa shape index (κ1) is 15.4. The second kappa shape index (κ2) is 8.45. The van der Waals surface area contributed by atoms with Gasteiger partial charge in [0.2, 0.25) is 5.91 Å². The molecule has 0 aromatic rings. The molecule has 2 unspecified atom stereocenters. The van der Waals surface area contributed by atoms with Gasteiger partial charge in [-0.3, -0.25) is 4.79 Å². The van der Waals surface area contributed by atoms with Crippen LogP contribution in [0.25, 0.3) is 0 Å². The van der Waals surface area contributed by atoms with Crippen LogP contribution in [0.5, 0.6) is 0 Å². The highest BCUT2D eigenvalue weighted by Gasteiger charge is 2.18. The Labute approximate surface area is 109 Å². The number of hydrogen-bond donors (Lipinski definition) is 1. The van der Waals surface area contributed by atoms with E-state index < -0.39 is 6.10 Å². The lowest BCUT2D eigenvalue weighted by molar-refractivity contribution is -0.132. The number of aliphatic hydroxyl groups excluding tert-OH is 1. The number of likely N-dealkylation sites (N-methyl/N-ethyl adjacent to an activating group) is 1. The average molecular weight is 259 g/mol. The van der Waals surface area contributed by atoms with E-state index in [0.29, 0.717) is 13.0 Å². The standard InChI is InChI=1S/C13H25NO4/c1-14(9-11(15)10-17-2)13(16)7-6-12-5-3-4-8-18-12/h11-12,15H,3-10H2,1-2H3. The second-order valence-corrected chi connectivity index (χ2v) is 4.91. The molecule has 18 heavy (non-hydrogen) atoms. The predicted octanol–water partition coefficient (Wildman–Crippen LogP) is 0.801. The van der Waals surface area contributed by atoms with E-state index in [1.54, 1.807) is 11.9 Å². The first-order chi connectivity index (χ1) is 8.63. The zero-order chi connectivity index (χ0) is 13.4. The van der Waals surface area contributed by atoms with Crippen LogP contribution in [0, 0.1) is 0 Å². The number of ether oxygens (including phenoxy) is 2. The fourth-order valence-electron chi connectivity index (χ4n) is 2.17. The van der Waals surface area contributed by atoms with E-state index in [1.807, 2.05) is 0 Å². The minimum absolute atomic E-state index is 0.0549. The highest BCUT2D eigenvalue weighted by molar-refractivity contribution is 5.75. The van der Waals surface area contributed by atoms with Crippen molar-refractivity contribution in [1.82, 2.24) is 4.90 Å². The van der Waals surface area contributed by atoms with Crippen LogP contribution in [0.3, 0.4) is 0 Å². The van der Waals surface area contributed by atoms with Crippen LogP contribution < -0.4 is 0 Å². The summed E-state index contributed by atoms with van der Waals surface area (Å²) in [5.41, 5.74) is 0. The summed E-state index contributed by atoms with van der Waals surface area (Å²) < 4.78 is 10.4. The van der Waals surface area contributed by atoms with Gasteiger partial charge in [0.15, 0.2) is 0 Å². The summed E-state index contributed by atoms with van der Waals surface area (Å²) in [5, 5.41) is 9.54. The Hall–Kier alpha value is -0.650. The Morgan fingerprint density at radius 1 is 1.56 bits per heavy atom. The average Bonchev–Trinajstić information content (AvgIpc) is 2.37. The number of methoxy groups -OCH3 is 1. The van der Waals surface area contributed by atoms with Gasteiger partial charge in [-0.25, -0.2) is 0 Å². The van der Waals surface area contributed by atoms with Gasteiger partial charge in [-0.05, 0) is 25.7 Å². The number of hydrogen-bond acceptors (Lipinski definition) is 4. The summed E-state index contributed by atoms with van der Waals surface area (Å²) in [6.45, 7) is 1.39. The van der Waals surface area contributed by atoms with Crippen LogP contribution in [0.4, 0.5) is 0 Å². The van der Waals surface area contributed by atoms with Crippen molar-refractivity contribution < 1.29 is 19.4 Å². The van der Waals surface area contributed by atoms with E-state index >= 15 is 0 Å². The minimum atomic E-state index is -0.616. The van der Waals surface area contributed by atoms with Crippen molar-refractivity contribution in [3.05, 3.63) is 0 Å². The third-order valence-corrected chi connectivity index (χ3v) is 3.22. The lowest BCUT2D eigenvalue weighted by atomic mass is 10.0. The summed E-state index contributed by atoms with van der Waals surface area (Å²) in [5.74, 6) is 0.0549. The quantitative estimate of drug-likeness (QED) is 0.735. The summed E-state index contributed by atoms with van der Waals surface area (Å²) in [7, 11) is 3.24. The fraction of sp³-hybridized carbons (Fsp3) is 0.923. The van der Waals surface area contributed by atoms with Crippen molar-refractivity contribution in [2.45, 2.75) is 44.3 Å². The van der Waals surface area contributed by atoms with Gasteiger partial charge in [0.25, 0.3) is 0 Å². The number of carbonyl (C=O) groups is 1. The molecule has 1 rings (SSSR count). The van der Waals surface area contributed by atoms with Gasteiger partial charge in [0.05, 0.1) is 18.8 Å². The third kappa shape index (κ3) is 5.80. The van der Waals surface area contributed by atoms with Crippen LogP contribution in [0.15, 0.2) is 0 Å². The third-order valence-electron chi connectivity index (χ3n) is 3.22. The number of aliphatic hydroxyl groups is 1. The lowest BCUT2D eigenvalue weighted by Gasteiger charge is -2.24. The molecule has 0 radical (unpaired) electrons. The zero-order valence-corrected chi connectivity index (χ0v) is 11.4. The minimum Gasteiger partial charge on any atom is -0.389 e. The van der Waals surface area contributed by atoms with E-state index in [-0.39, 0.29) is 18.6 Å². The molecule has 106 valence electrons. The molecule has 1 fully saturated rings. The number of rotatable bonds is 7. The van der Waals surface area contributed by atoms with Crippen molar-refractivity contribution in [3.63, 3.8) is 0 Å². The first-order valence-corrected chi connectivity index (χ1v) is 6.66. The maximum absolute atomic E-state index is 11.8. The van der Waals surface area contributed by atoms with E-state index in [0.717, 1.165) is 25.9 Å². The summed E-state index contributed by atoms with van der Waals surface area (Å²) in [4.78, 5) is 13.4. The number of carbonyl (C=O) groups excluding carboxylic acids is 1. The van der Waals surface area contributed by atoms with Crippen molar-refractivity contribution in [2.24, 2.45) is 0 Å². The van der Waals surface area contributed by atoms with Crippen LogP contribution in [-0.2, 0) is 14.3 Å². The van der Waals surface area contributed by atoms with E-state index in [9.17, 15) is 9.90 Å². The van der Waals surface area contributed by atoms with Crippen LogP contribution in [0.2, 0.25) is 0 Å². The Bertz CT molecular complexity index is 241. The van der Waals surface area contributed by atoms with E-state index in [2.05, 4.69) is 0 Å². The molecule has 1 heterocycles. The molecule has 1 saturated heterocycles. The van der Waals surface area contributed by atoms with Crippen molar-refractivity contribution in [3.8, 4) is 0 Å². The molecule has 0 aromatic carbocycles. The van der Waals surface area contributed by atoms with Crippen LogP contribution in [-0.4, -0.2) is 62.0 Å². The zero-order valence-electron chi connectivity index (χ0n) is 11.4. The number of amides is 1. The predicted molar refractivity (Wildman–Crippen MR) is 68.3 cm³/mol. The molecule has 0 saturated carbocycles. The molecule has 5 nitrogen and oxygen atoms in total. The number of nitrogens with zero attached hydrogens (tertiary/aromatic N) is 1. The highest BCUT2D eigenvalue weighted by Crippen LogP contribution is 2.17. The van der Waals surface area contributed by atoms with E-state index in [1.165, 1.54) is 13.5 Å². The first-order valence-electron chi connectivity index (χ1n) is 6.66. The smallest absolute Gasteiger partial charge is 0.222 e. The molecule has 1 amide bonds. The Morgan fingerprint density at radius 3 is 2.94 bits per heavy atom. The maximum atomic E-state index is 11.8. The lowest BCUT2D eigenvalue weighted by Crippen LogP contribution is -2.36. The molecule has 1 aliphatic heterocycles. The van der Waals surface area contributed by atoms with Crippen molar-refractivity contribution in [1.29, 1.82) is 0 Å². The Balaban J connectivity index is 2.18. The second-order valence-electron chi connectivity index (χ2n) is 4.91. The van der Waals surface area contributed by atoms with Crippen molar-refractivity contribution in [2.75, 3.05) is 33.9 Å². The molecule has 1 N–H and O–H groups in total. The molecule has 0 spiro atoms. The van der Waals surface area contributed by atoms with Gasteiger partial charge in [-0.15, -0.1) is 0 Å². The van der Waals surface area contributed by atoms with E-state index in [4.69, 9.17) is 9.47 Å². The fourth-order valence-corrected chi connectivity index (χ4v) is 2.17. The van der Waals surface area contributed by atoms with Crippen LogP contribution in [0.1, 0.15) is 32.1 Å². The largest absolute Gasteiger partial charge is 0.389 e. The normalized spacial score (nSPS) is 21.6. The van der Waals surface area contributed by atoms with Gasteiger partial charge in [0, 0.05) is 33.7 Å². The van der Waals surface area contributed by atoms with Gasteiger partial charge in [-0.1, -0.05) is 0 Å². The van der Waals surface area contributed by atoms with Gasteiger partial charge in [0.1, 0.15) is 0 Å². The SMILES string of the molecule is COCC(O)CN(C)C(=O)CCC1CCCCO1. The highest BCUT2D eigenvalue weighted by atomic mass is 16.5. The van der Waals surface area contributed by atoms with Gasteiger partial charge >= 0.3 is 0 Å². The maximum Gasteiger partial charge on any atom is 0.222 e. The van der Waals surface area contributed by atoms with Crippen LogP contribution >= 0.6 is 0 Å². The Morgan fingerprint density at radius 2 is 2.33 bits per heavy atom.